The quantitative estimate of drug-likeness (QED) is 0.366. The van der Waals surface area contributed by atoms with Gasteiger partial charge in [-0.25, -0.2) is 0 Å². The maximum absolute atomic E-state index is 0. The average molecular weight is 381 g/mol. The summed E-state index contributed by atoms with van der Waals surface area (Å²) >= 11 is 0. The van der Waals surface area contributed by atoms with Crippen molar-refractivity contribution in [2.45, 2.75) is 0 Å². The normalized spacial score (nSPS) is 0. The van der Waals surface area contributed by atoms with E-state index in [1.807, 2.05) is 0 Å². The molecule has 0 saturated carbocycles. The average Bonchev–Trinajstić information content (AvgIpc) is 0. The Balaban J connectivity index is 0. The van der Waals surface area contributed by atoms with Gasteiger partial charge in [-0.1, -0.05) is 0 Å². The largest absolute Gasteiger partial charge is 1.00 e. The Hall–Kier alpha value is 6.23. The van der Waals surface area contributed by atoms with Crippen LogP contribution < -0.4 is 175 Å². The van der Waals surface area contributed by atoms with Gasteiger partial charge in [0.25, 0.3) is 0 Å². The maximum Gasteiger partial charge on any atom is 1.00 e. The Labute approximate surface area is 195 Å². The molecule has 0 fully saturated rings. The molecule has 0 aromatic rings. The second kappa shape index (κ2) is 16.1. The molecular weight excluding hydrogens is 378 g/mol. The molecule has 0 spiro atoms. The Bertz CT molecular complexity index is 10.1. The van der Waals surface area contributed by atoms with E-state index in [0.29, 0.717) is 0 Å². The summed E-state index contributed by atoms with van der Waals surface area (Å²) in [5.74, 6) is 0. The van der Waals surface area contributed by atoms with Crippen molar-refractivity contribution in [1.29, 1.82) is 0 Å². The third-order valence-corrected chi connectivity index (χ3v) is 0. The molecule has 0 atom stereocenters. The molecule has 0 aromatic carbocycles. The second-order valence-electron chi connectivity index (χ2n) is 0. The number of hydrogen-bond donors (Lipinski definition) is 0. The number of hydrogen-bond acceptors (Lipinski definition) is 0. The van der Waals surface area contributed by atoms with Gasteiger partial charge in [-0.05, 0) is 0 Å². The molecule has 0 aliphatic carbocycles. The van der Waals surface area contributed by atoms with Gasteiger partial charge in [0, 0.05) is 24.4 Å². The zero-order valence-corrected chi connectivity index (χ0v) is 20.7. The summed E-state index contributed by atoms with van der Waals surface area (Å²) in [5, 5.41) is 0. The van der Waals surface area contributed by atoms with Crippen LogP contribution in [0.3, 0.4) is 0 Å². The van der Waals surface area contributed by atoms with E-state index in [0.717, 1.165) is 0 Å². The zero-order chi connectivity index (χ0) is 0. The Morgan fingerprint density at radius 1 is 0.750 bits per heavy atom. The fourth-order valence-electron chi connectivity index (χ4n) is 0. The minimum atomic E-state index is 0. The summed E-state index contributed by atoms with van der Waals surface area (Å²) in [4.78, 5) is 0. The molecule has 0 unspecified atom stereocenters. The van der Waals surface area contributed by atoms with Crippen LogP contribution in [0, 0.1) is 0 Å². The van der Waals surface area contributed by atoms with Gasteiger partial charge < -0.3 is 4.28 Å². The predicted molar refractivity (Wildman–Crippen MR) is 9.09 cm³/mol. The minimum Gasteiger partial charge on any atom is -1.00 e. The zero-order valence-electron chi connectivity index (χ0n) is 6.45. The molecular formula is H3Rb3Sb. The summed E-state index contributed by atoms with van der Waals surface area (Å²) in [5.41, 5.74) is 0. The first-order valence-corrected chi connectivity index (χ1v) is 0. The fourth-order valence-corrected chi connectivity index (χ4v) is 0. The van der Waals surface area contributed by atoms with Crippen LogP contribution in [-0.4, -0.2) is 24.4 Å². The van der Waals surface area contributed by atoms with Crippen molar-refractivity contribution < 1.29 is 179 Å². The summed E-state index contributed by atoms with van der Waals surface area (Å²) in [6.45, 7) is 0. The van der Waals surface area contributed by atoms with Crippen LogP contribution in [0.15, 0.2) is 0 Å². The van der Waals surface area contributed by atoms with Gasteiger partial charge in [0.1, 0.15) is 0 Å². The molecule has 0 heterocycles. The molecule has 0 aliphatic heterocycles. The molecule has 0 aromatic heterocycles. The predicted octanol–water partition coefficient (Wildman–Crippen LogP) is -9.03. The summed E-state index contributed by atoms with van der Waals surface area (Å²) < 4.78 is 0. The van der Waals surface area contributed by atoms with Crippen molar-refractivity contribution >= 4 is 24.4 Å². The van der Waals surface area contributed by atoms with Gasteiger partial charge >= 0.3 is 175 Å². The van der Waals surface area contributed by atoms with Crippen molar-refractivity contribution in [3.05, 3.63) is 0 Å². The Morgan fingerprint density at radius 3 is 0.750 bits per heavy atom. The van der Waals surface area contributed by atoms with E-state index in [4.69, 9.17) is 0 Å². The standard InChI is InChI=1S/3Rb.Sb.3H/q3*+1;;3*-1. The van der Waals surface area contributed by atoms with Crippen LogP contribution in [0.4, 0.5) is 0 Å². The molecule has 11 valence electrons. The topological polar surface area (TPSA) is 0 Å². The number of rotatable bonds is 0. The van der Waals surface area contributed by atoms with Gasteiger partial charge in [0.15, 0.2) is 0 Å². The smallest absolute Gasteiger partial charge is 1.00 e. The third-order valence-electron chi connectivity index (χ3n) is 0. The molecule has 0 amide bonds. The molecule has 0 nitrogen and oxygen atoms in total. The monoisotopic (exact) mass is 379 g/mol. The van der Waals surface area contributed by atoms with Crippen LogP contribution in [-0.2, 0) is 0 Å². The molecule has 0 aliphatic rings. The minimum absolute atomic E-state index is 0. The fraction of sp³-hybridized carbons (Fsp3) is 0. The molecule has 3 radical (unpaired) electrons. The van der Waals surface area contributed by atoms with E-state index in [2.05, 4.69) is 0 Å². The van der Waals surface area contributed by atoms with Crippen molar-refractivity contribution in [3.8, 4) is 0 Å². The second-order valence-corrected chi connectivity index (χ2v) is 0. The van der Waals surface area contributed by atoms with Gasteiger partial charge in [-0.2, -0.15) is 0 Å². The summed E-state index contributed by atoms with van der Waals surface area (Å²) in [6, 6.07) is 0. The Kier molecular flexibility index (Phi) is 90.4. The van der Waals surface area contributed by atoms with Crippen molar-refractivity contribution in [1.82, 2.24) is 0 Å². The Morgan fingerprint density at radius 2 is 0.750 bits per heavy atom. The molecule has 0 N–H and O–H groups in total. The van der Waals surface area contributed by atoms with Crippen molar-refractivity contribution in [3.63, 3.8) is 0 Å². The van der Waals surface area contributed by atoms with Crippen LogP contribution in [0.5, 0.6) is 0 Å². The van der Waals surface area contributed by atoms with Crippen LogP contribution >= 0.6 is 0 Å². The van der Waals surface area contributed by atoms with Crippen LogP contribution in [0.1, 0.15) is 4.28 Å². The first-order valence-electron chi connectivity index (χ1n) is 0. The van der Waals surface area contributed by atoms with Gasteiger partial charge in [0.2, 0.25) is 0 Å². The molecule has 0 bridgehead atoms. The van der Waals surface area contributed by atoms with Crippen molar-refractivity contribution in [2.24, 2.45) is 0 Å². The third kappa shape index (κ3) is 11.1. The summed E-state index contributed by atoms with van der Waals surface area (Å²) in [6.07, 6.45) is 0. The SMILES string of the molecule is [H-].[H-].[H-].[Rb+].[Rb+].[Rb+].[Sb]. The van der Waals surface area contributed by atoms with E-state index in [1.54, 1.807) is 0 Å². The van der Waals surface area contributed by atoms with Gasteiger partial charge in [0.05, 0.1) is 0 Å². The van der Waals surface area contributed by atoms with E-state index < -0.39 is 0 Å². The van der Waals surface area contributed by atoms with E-state index >= 15 is 0 Å². The maximum atomic E-state index is 0. The van der Waals surface area contributed by atoms with Gasteiger partial charge in [-0.15, -0.1) is 0 Å². The van der Waals surface area contributed by atoms with E-state index in [9.17, 15) is 0 Å². The first kappa shape index (κ1) is 22.5. The molecule has 0 saturated heterocycles. The van der Waals surface area contributed by atoms with Crippen LogP contribution in [0.2, 0.25) is 0 Å². The first-order chi connectivity index (χ1) is 0. The molecule has 4 heteroatoms. The summed E-state index contributed by atoms with van der Waals surface area (Å²) in [7, 11) is 0. The van der Waals surface area contributed by atoms with Crippen molar-refractivity contribution in [2.75, 3.05) is 0 Å². The van der Waals surface area contributed by atoms with E-state index in [1.165, 1.54) is 0 Å². The molecule has 4 heavy (non-hydrogen) atoms. The van der Waals surface area contributed by atoms with Crippen LogP contribution in [0.25, 0.3) is 0 Å². The molecule has 0 rings (SSSR count). The van der Waals surface area contributed by atoms with Gasteiger partial charge in [-0.3, -0.25) is 0 Å². The van der Waals surface area contributed by atoms with E-state index in [-0.39, 0.29) is 203 Å².